The van der Waals surface area contributed by atoms with E-state index in [0.29, 0.717) is 11.1 Å². The van der Waals surface area contributed by atoms with Gasteiger partial charge in [-0.15, -0.1) is 6.42 Å². The molecule has 3 N–H and O–H groups in total. The van der Waals surface area contributed by atoms with Crippen LogP contribution in [-0.2, 0) is 0 Å². The van der Waals surface area contributed by atoms with Crippen LogP contribution in [-0.4, -0.2) is 31.9 Å². The van der Waals surface area contributed by atoms with Crippen LogP contribution >= 0.6 is 0 Å². The number of carboxylic acids is 1. The minimum Gasteiger partial charge on any atom is -0.478 e. The number of terminal acetylenes is 1. The lowest BCUT2D eigenvalue weighted by Crippen LogP contribution is -2.16. The number of anilines is 1. The molecule has 0 saturated heterocycles. The Labute approximate surface area is 167 Å². The quantitative estimate of drug-likeness (QED) is 0.593. The molecule has 7 heteroatoms. The molecule has 2 aliphatic rings. The van der Waals surface area contributed by atoms with Gasteiger partial charge in [-0.25, -0.2) is 14.8 Å². The van der Waals surface area contributed by atoms with Gasteiger partial charge in [0.1, 0.15) is 11.2 Å². The smallest absolute Gasteiger partial charge is 0.337 e. The summed E-state index contributed by atoms with van der Waals surface area (Å²) in [5.74, 6) is 3.29. The summed E-state index contributed by atoms with van der Waals surface area (Å²) in [6.07, 6.45) is 13.0. The molecule has 2 unspecified atom stereocenters. The number of carbonyl (C=O) groups excluding carboxylic acids is 1. The third-order valence-corrected chi connectivity index (χ3v) is 5.37. The van der Waals surface area contributed by atoms with E-state index in [0.717, 1.165) is 0 Å². The lowest BCUT2D eigenvalue weighted by atomic mass is 10.2. The van der Waals surface area contributed by atoms with Crippen LogP contribution < -0.4 is 5.32 Å². The summed E-state index contributed by atoms with van der Waals surface area (Å²) in [6, 6.07) is 7.92. The van der Waals surface area contributed by atoms with Gasteiger partial charge in [0.05, 0.1) is 16.6 Å². The van der Waals surface area contributed by atoms with Gasteiger partial charge in [0, 0.05) is 6.20 Å². The van der Waals surface area contributed by atoms with E-state index >= 15 is 0 Å². The molecule has 1 aromatic carbocycles. The van der Waals surface area contributed by atoms with Gasteiger partial charge in [0.25, 0.3) is 5.91 Å². The summed E-state index contributed by atoms with van der Waals surface area (Å²) in [5.41, 5.74) is 1.24. The van der Waals surface area contributed by atoms with Crippen LogP contribution in [0.5, 0.6) is 0 Å². The lowest BCUT2D eigenvalue weighted by Gasteiger charge is -2.02. The highest BCUT2D eigenvalue weighted by Crippen LogP contribution is 2.51. The molecule has 2 heterocycles. The molecular formula is C22H20N4O3. The Balaban J connectivity index is 0.000000286. The number of aromatic amines is 1. The Kier molecular flexibility index (Phi) is 5.00. The molecule has 0 aliphatic heterocycles. The molecule has 146 valence electrons. The maximum atomic E-state index is 12.2. The molecular weight excluding hydrogens is 368 g/mol. The van der Waals surface area contributed by atoms with Crippen molar-refractivity contribution in [3.63, 3.8) is 0 Å². The van der Waals surface area contributed by atoms with Gasteiger partial charge in [-0.05, 0) is 42.5 Å². The van der Waals surface area contributed by atoms with Crippen molar-refractivity contribution in [1.82, 2.24) is 15.0 Å². The highest BCUT2D eigenvalue weighted by Gasteiger charge is 2.40. The van der Waals surface area contributed by atoms with Gasteiger partial charge in [-0.3, -0.25) is 10.1 Å². The molecule has 2 atom stereocenters. The standard InChI is InChI=1S/C16H10N4O3.C6H10/c1-2-9-5-4-8-17-12(9)14(21)20-16-18-11-7-3-6-10(15(22)23)13(11)19-16;1-2-5-4-6(5)3-1/h1,3-8H,(H,22,23)(H2,18,19,20,21);5-6H,1-4H2. The van der Waals surface area contributed by atoms with Crippen molar-refractivity contribution >= 4 is 28.9 Å². The predicted octanol–water partition coefficient (Wildman–Crippen LogP) is 3.70. The minimum absolute atomic E-state index is 0.0430. The number of hydrogen-bond acceptors (Lipinski definition) is 4. The number of nitrogens with zero attached hydrogens (tertiary/aromatic N) is 2. The van der Waals surface area contributed by atoms with Crippen LogP contribution in [0.4, 0.5) is 5.95 Å². The fourth-order valence-electron chi connectivity index (χ4n) is 3.79. The zero-order valence-corrected chi connectivity index (χ0v) is 15.7. The van der Waals surface area contributed by atoms with Crippen molar-refractivity contribution in [3.05, 3.63) is 53.3 Å². The van der Waals surface area contributed by atoms with Crippen LogP contribution in [0.25, 0.3) is 11.0 Å². The summed E-state index contributed by atoms with van der Waals surface area (Å²) >= 11 is 0. The van der Waals surface area contributed by atoms with Gasteiger partial charge in [-0.1, -0.05) is 31.2 Å². The first-order valence-electron chi connectivity index (χ1n) is 9.52. The van der Waals surface area contributed by atoms with Crippen molar-refractivity contribution in [2.45, 2.75) is 25.7 Å². The largest absolute Gasteiger partial charge is 0.478 e. The summed E-state index contributed by atoms with van der Waals surface area (Å²) in [4.78, 5) is 34.3. The van der Waals surface area contributed by atoms with Gasteiger partial charge < -0.3 is 10.1 Å². The topological polar surface area (TPSA) is 108 Å². The number of fused-ring (bicyclic) bond motifs is 2. The third-order valence-electron chi connectivity index (χ3n) is 5.37. The number of imidazole rings is 1. The first-order chi connectivity index (χ1) is 14.1. The Bertz CT molecular complexity index is 1120. The van der Waals surface area contributed by atoms with Crippen molar-refractivity contribution in [3.8, 4) is 12.3 Å². The second-order valence-corrected chi connectivity index (χ2v) is 7.28. The number of para-hydroxylation sites is 1. The average molecular weight is 388 g/mol. The van der Waals surface area contributed by atoms with E-state index in [2.05, 4.69) is 26.2 Å². The number of aromatic carboxylic acids is 1. The summed E-state index contributed by atoms with van der Waals surface area (Å²) < 4.78 is 0. The normalized spacial score (nSPS) is 18.9. The summed E-state index contributed by atoms with van der Waals surface area (Å²) in [5, 5.41) is 11.7. The van der Waals surface area contributed by atoms with E-state index < -0.39 is 11.9 Å². The van der Waals surface area contributed by atoms with E-state index in [1.54, 1.807) is 43.5 Å². The van der Waals surface area contributed by atoms with Crippen LogP contribution in [0.2, 0.25) is 0 Å². The predicted molar refractivity (Wildman–Crippen MR) is 109 cm³/mol. The lowest BCUT2D eigenvalue weighted by molar-refractivity contribution is 0.0698. The van der Waals surface area contributed by atoms with E-state index in [4.69, 9.17) is 11.5 Å². The molecule has 7 nitrogen and oxygen atoms in total. The number of rotatable bonds is 3. The zero-order valence-electron chi connectivity index (χ0n) is 15.7. The molecule has 0 radical (unpaired) electrons. The molecule has 2 fully saturated rings. The van der Waals surface area contributed by atoms with E-state index in [1.807, 2.05) is 0 Å². The highest BCUT2D eigenvalue weighted by molar-refractivity contribution is 6.05. The minimum atomic E-state index is -1.10. The fourth-order valence-corrected chi connectivity index (χ4v) is 3.79. The maximum Gasteiger partial charge on any atom is 0.337 e. The number of nitrogens with one attached hydrogen (secondary N) is 2. The van der Waals surface area contributed by atoms with Gasteiger partial charge in [0.2, 0.25) is 5.95 Å². The highest BCUT2D eigenvalue weighted by atomic mass is 16.4. The molecule has 1 amide bonds. The monoisotopic (exact) mass is 388 g/mol. The second kappa shape index (κ2) is 7.76. The van der Waals surface area contributed by atoms with Crippen LogP contribution in [0.3, 0.4) is 0 Å². The summed E-state index contributed by atoms with van der Waals surface area (Å²) in [7, 11) is 0. The average Bonchev–Trinajstić information content (AvgIpc) is 3.12. The molecule has 0 spiro atoms. The molecule has 2 aromatic heterocycles. The SMILES string of the molecule is C#Cc1cccnc1C(=O)Nc1nc2c(C(=O)O)cccc2[nH]1.C1CC2CC2C1. The molecule has 0 bridgehead atoms. The van der Waals surface area contributed by atoms with Crippen LogP contribution in [0.1, 0.15) is 52.1 Å². The first kappa shape index (κ1) is 18.7. The number of hydrogen-bond donors (Lipinski definition) is 3. The Morgan fingerprint density at radius 3 is 2.62 bits per heavy atom. The molecule has 29 heavy (non-hydrogen) atoms. The fraction of sp³-hybridized carbons (Fsp3) is 0.273. The first-order valence-corrected chi connectivity index (χ1v) is 9.52. The molecule has 5 rings (SSSR count). The number of carboxylic acid groups (broad SMARTS) is 1. The van der Waals surface area contributed by atoms with Crippen molar-refractivity contribution in [2.24, 2.45) is 11.8 Å². The van der Waals surface area contributed by atoms with Crippen LogP contribution in [0.15, 0.2) is 36.5 Å². The van der Waals surface area contributed by atoms with E-state index in [9.17, 15) is 9.59 Å². The number of aromatic nitrogens is 3. The number of pyridine rings is 1. The Morgan fingerprint density at radius 1 is 1.21 bits per heavy atom. The van der Waals surface area contributed by atoms with Gasteiger partial charge in [0.15, 0.2) is 0 Å². The Hall–Kier alpha value is -3.66. The van der Waals surface area contributed by atoms with Gasteiger partial charge >= 0.3 is 5.97 Å². The molecule has 2 aliphatic carbocycles. The van der Waals surface area contributed by atoms with E-state index in [-0.39, 0.29) is 22.7 Å². The number of H-pyrrole nitrogens is 1. The zero-order chi connectivity index (χ0) is 20.4. The van der Waals surface area contributed by atoms with E-state index in [1.165, 1.54) is 30.5 Å². The van der Waals surface area contributed by atoms with Crippen molar-refractivity contribution in [2.75, 3.05) is 5.32 Å². The number of amides is 1. The van der Waals surface area contributed by atoms with Gasteiger partial charge in [-0.2, -0.15) is 0 Å². The van der Waals surface area contributed by atoms with Crippen molar-refractivity contribution < 1.29 is 14.7 Å². The summed E-state index contributed by atoms with van der Waals surface area (Å²) in [6.45, 7) is 0. The second-order valence-electron chi connectivity index (χ2n) is 7.28. The Morgan fingerprint density at radius 2 is 2.00 bits per heavy atom. The van der Waals surface area contributed by atoms with Crippen LogP contribution in [0, 0.1) is 24.2 Å². The molecule has 3 aromatic rings. The number of benzene rings is 1. The maximum absolute atomic E-state index is 12.2. The molecule has 2 saturated carbocycles. The number of carbonyl (C=O) groups is 2. The van der Waals surface area contributed by atoms with Crippen molar-refractivity contribution in [1.29, 1.82) is 0 Å². The third kappa shape index (κ3) is 3.97.